The number of likely N-dealkylation sites (tertiary alicyclic amines) is 1. The number of pyridine rings is 2. The van der Waals surface area contributed by atoms with Crippen molar-refractivity contribution >= 4 is 69.6 Å². The highest BCUT2D eigenvalue weighted by atomic mass is 19.4. The molecular formula is C59H56F9N19O4. The number of hydrogen-bond donors (Lipinski definition) is 3. The fourth-order valence-corrected chi connectivity index (χ4v) is 12.3. The number of carbonyl (C=O) groups excluding carboxylic acids is 3. The number of hydrogen-bond acceptors (Lipinski definition) is 18. The summed E-state index contributed by atoms with van der Waals surface area (Å²) in [5, 5.41) is 20.7. The number of nitrogens with zero attached hydrogens (tertiary/aromatic N) is 16. The van der Waals surface area contributed by atoms with Crippen LogP contribution < -0.4 is 35.7 Å². The molecule has 23 nitrogen and oxygen atoms in total. The molecule has 1 unspecified atom stereocenters. The first-order valence-electron chi connectivity index (χ1n) is 29.1. The molecule has 0 bridgehead atoms. The summed E-state index contributed by atoms with van der Waals surface area (Å²) in [6.45, 7) is 5.62. The highest BCUT2D eigenvalue weighted by Gasteiger charge is 2.47. The van der Waals surface area contributed by atoms with Crippen LogP contribution >= 0.6 is 0 Å². The Morgan fingerprint density at radius 3 is 2.19 bits per heavy atom. The van der Waals surface area contributed by atoms with E-state index in [1.54, 1.807) is 89.4 Å². The van der Waals surface area contributed by atoms with Gasteiger partial charge in [0, 0.05) is 81.9 Å². The van der Waals surface area contributed by atoms with Crippen molar-refractivity contribution in [1.29, 1.82) is 0 Å². The van der Waals surface area contributed by atoms with E-state index in [0.29, 0.717) is 34.9 Å². The summed E-state index contributed by atoms with van der Waals surface area (Å²) < 4.78 is 133. The number of aliphatic imine (C=N–C) groups is 1. The first-order valence-corrected chi connectivity index (χ1v) is 29.1. The number of oxazole rings is 1. The highest BCUT2D eigenvalue weighted by molar-refractivity contribution is 6.26. The number of fused-ring (bicyclic) bond motifs is 3. The Hall–Kier alpha value is -9.88. The van der Waals surface area contributed by atoms with Crippen molar-refractivity contribution in [2.45, 2.75) is 90.0 Å². The van der Waals surface area contributed by atoms with Gasteiger partial charge < -0.3 is 35.1 Å². The van der Waals surface area contributed by atoms with Crippen LogP contribution in [0.2, 0.25) is 0 Å². The maximum atomic E-state index is 14.6. The minimum absolute atomic E-state index is 0.0153. The number of nitrogens with one attached hydrogen (secondary N) is 3. The number of carbonyl (C=O) groups is 3. The van der Waals surface area contributed by atoms with Gasteiger partial charge in [-0.15, -0.1) is 0 Å². The number of amides is 3. The van der Waals surface area contributed by atoms with Gasteiger partial charge in [-0.05, 0) is 101 Å². The van der Waals surface area contributed by atoms with Gasteiger partial charge in [0.2, 0.25) is 0 Å². The standard InChI is InChI=1S/C59H56F9N19O4/c1-32-21-39(74-56(90)49-34(3)79-84-19-11-46(77-53(49)84)83-14-4-5-43(83)59(66,67)68)29-82(28-32)48-24-47(81-17-9-37(10-18-81)58(63,64)65)78-52-40(26-72-87(48)52)54(88)73-38-22-33(2)50(71-25-38)86-30-41(55(89)75-44-23-35(6-13-70-44)42-27-69-31-91-42)51-76-45(12-20-85(51)86)80-15-7-36(8-16-80)57(60,61)62/h6,11-13,19-27,29-31,36-37,43,45H,4-5,7-10,14-18,28H2,1-3H3,(H,73,88)(H,74,90)(H,70,75,89)/t43-,45?/m1/s1. The fourth-order valence-electron chi connectivity index (χ4n) is 12.3. The molecule has 3 amide bonds. The van der Waals surface area contributed by atoms with Gasteiger partial charge in [-0.2, -0.15) is 54.2 Å². The minimum Gasteiger partial charge on any atom is -0.444 e. The molecule has 7 aromatic heterocycles. The van der Waals surface area contributed by atoms with E-state index in [2.05, 4.69) is 41.1 Å². The average Bonchev–Trinajstić information content (AvgIpc) is 1.69. The van der Waals surface area contributed by atoms with Crippen LogP contribution in [0.5, 0.6) is 0 Å². The average molecular weight is 1270 g/mol. The lowest BCUT2D eigenvalue weighted by molar-refractivity contribution is -0.185. The maximum Gasteiger partial charge on any atom is 0.408 e. The van der Waals surface area contributed by atoms with Crippen molar-refractivity contribution in [1.82, 2.24) is 59.4 Å². The fraction of sp³-hybridized carbons (Fsp3) is 0.373. The second-order valence-electron chi connectivity index (χ2n) is 23.0. The minimum atomic E-state index is -4.50. The quantitative estimate of drug-likeness (QED) is 0.0967. The number of halogens is 9. The van der Waals surface area contributed by atoms with Gasteiger partial charge in [-0.3, -0.25) is 19.3 Å². The summed E-state index contributed by atoms with van der Waals surface area (Å²) in [4.78, 5) is 76.8. The van der Waals surface area contributed by atoms with Crippen LogP contribution in [0, 0.1) is 25.7 Å². The molecule has 0 aromatic carbocycles. The Morgan fingerprint density at radius 2 is 1.47 bits per heavy atom. The third-order valence-corrected chi connectivity index (χ3v) is 16.9. The summed E-state index contributed by atoms with van der Waals surface area (Å²) in [6.07, 6.45) is 2.18. The van der Waals surface area contributed by atoms with Crippen molar-refractivity contribution in [2.24, 2.45) is 16.8 Å². The number of aryl methyl sites for hydroxylation is 2. The Balaban J connectivity index is 0.781. The maximum absolute atomic E-state index is 14.6. The molecule has 3 N–H and O–H groups in total. The van der Waals surface area contributed by atoms with Crippen molar-refractivity contribution in [3.8, 4) is 11.3 Å². The number of rotatable bonds is 12. The lowest BCUT2D eigenvalue weighted by Crippen LogP contribution is -2.46. The van der Waals surface area contributed by atoms with Crippen LogP contribution in [0.4, 0.5) is 74.3 Å². The molecule has 0 aliphatic carbocycles. The Labute approximate surface area is 511 Å². The molecule has 6 aliphatic rings. The summed E-state index contributed by atoms with van der Waals surface area (Å²) in [5.41, 5.74) is 2.69. The summed E-state index contributed by atoms with van der Waals surface area (Å²) in [5.74, 6) is -3.27. The Kier molecular flexibility index (Phi) is 15.3. The molecule has 13 heterocycles. The van der Waals surface area contributed by atoms with E-state index in [9.17, 15) is 53.9 Å². The van der Waals surface area contributed by atoms with E-state index in [-0.39, 0.29) is 140 Å². The molecule has 91 heavy (non-hydrogen) atoms. The second kappa shape index (κ2) is 23.2. The first kappa shape index (κ1) is 60.1. The molecule has 474 valence electrons. The van der Waals surface area contributed by atoms with Crippen molar-refractivity contribution in [3.63, 3.8) is 0 Å². The third kappa shape index (κ3) is 11.9. The number of alkyl halides is 9. The Morgan fingerprint density at radius 1 is 0.725 bits per heavy atom. The lowest BCUT2D eigenvalue weighted by Gasteiger charge is -2.38. The van der Waals surface area contributed by atoms with Crippen LogP contribution in [0.3, 0.4) is 0 Å². The number of amidine groups is 1. The molecule has 0 spiro atoms. The van der Waals surface area contributed by atoms with E-state index in [0.717, 1.165) is 5.57 Å². The number of piperidine rings is 2. The number of anilines is 6. The van der Waals surface area contributed by atoms with Crippen LogP contribution in [0.1, 0.15) is 77.4 Å². The van der Waals surface area contributed by atoms with E-state index in [4.69, 9.17) is 19.4 Å². The molecule has 2 atom stereocenters. The third-order valence-electron chi connectivity index (χ3n) is 16.9. The molecule has 13 rings (SSSR count). The van der Waals surface area contributed by atoms with Gasteiger partial charge in [-0.1, -0.05) is 5.57 Å². The zero-order valence-corrected chi connectivity index (χ0v) is 48.7. The first-order chi connectivity index (χ1) is 43.4. The molecule has 3 saturated heterocycles. The summed E-state index contributed by atoms with van der Waals surface area (Å²) in [7, 11) is 0. The lowest BCUT2D eigenvalue weighted by atomic mass is 9.96. The summed E-state index contributed by atoms with van der Waals surface area (Å²) >= 11 is 0. The van der Waals surface area contributed by atoms with Gasteiger partial charge >= 0.3 is 18.5 Å². The molecule has 32 heteroatoms. The molecule has 7 aromatic rings. The van der Waals surface area contributed by atoms with Crippen LogP contribution in [0.25, 0.3) is 22.6 Å². The van der Waals surface area contributed by atoms with E-state index in [1.807, 2.05) is 4.90 Å². The molecule has 0 saturated carbocycles. The van der Waals surface area contributed by atoms with Crippen LogP contribution in [-0.2, 0) is 4.79 Å². The zero-order chi connectivity index (χ0) is 63.8. The van der Waals surface area contributed by atoms with E-state index >= 15 is 0 Å². The number of hydrazine groups is 1. The largest absolute Gasteiger partial charge is 0.444 e. The topological polar surface area (TPSA) is 231 Å². The second-order valence-corrected chi connectivity index (χ2v) is 23.0. The monoisotopic (exact) mass is 1270 g/mol. The van der Waals surface area contributed by atoms with Crippen molar-refractivity contribution < 1.29 is 58.3 Å². The predicted octanol–water partition coefficient (Wildman–Crippen LogP) is 9.52. The number of aromatic nitrogens is 9. The highest BCUT2D eigenvalue weighted by Crippen LogP contribution is 2.40. The SMILES string of the molecule is CC1=CC(NC(=O)c2c(C)nn3ccc(N4CCC[C@@H]4C(F)(F)F)nc23)=CN(c2cc(N3CCC(C(F)(F)F)CC3)nc3c(C(=O)Nc4cnc(N5C=C(C(=O)Nc6cc(-c7cnco7)ccn6)C6=NC(N7CCC(C(F)(F)F)CC7)C=CN65)c(C)c4)cnn23)C1. The van der Waals surface area contributed by atoms with Crippen LogP contribution in [-0.4, -0.2) is 148 Å². The molecular weight excluding hydrogens is 1210 g/mol. The van der Waals surface area contributed by atoms with Gasteiger partial charge in [0.1, 0.15) is 52.2 Å². The van der Waals surface area contributed by atoms with Gasteiger partial charge in [0.25, 0.3) is 17.7 Å². The van der Waals surface area contributed by atoms with Gasteiger partial charge in [-0.25, -0.2) is 44.4 Å². The Bertz CT molecular complexity index is 4170. The predicted molar refractivity (Wildman–Crippen MR) is 313 cm³/mol. The normalized spacial score (nSPS) is 19.7. The van der Waals surface area contributed by atoms with Crippen molar-refractivity contribution in [3.05, 3.63) is 138 Å². The van der Waals surface area contributed by atoms with E-state index < -0.39 is 60.3 Å². The molecule has 0 radical (unpaired) electrons. The molecule has 6 aliphatic heterocycles. The summed E-state index contributed by atoms with van der Waals surface area (Å²) in [6, 6.07) is 6.22. The van der Waals surface area contributed by atoms with Gasteiger partial charge in [0.15, 0.2) is 35.1 Å². The van der Waals surface area contributed by atoms with Gasteiger partial charge in [0.05, 0.1) is 47.5 Å². The number of allylic oxidation sites excluding steroid dienone is 1. The van der Waals surface area contributed by atoms with Crippen LogP contribution in [0.15, 0.2) is 125 Å². The zero-order valence-electron chi connectivity index (χ0n) is 48.7. The van der Waals surface area contributed by atoms with E-state index in [1.165, 1.54) is 63.6 Å². The smallest absolute Gasteiger partial charge is 0.408 e. The molecule has 3 fully saturated rings. The van der Waals surface area contributed by atoms with Crippen molar-refractivity contribution in [2.75, 3.05) is 69.6 Å².